The Morgan fingerprint density at radius 1 is 1.17 bits per heavy atom. The molecule has 0 spiro atoms. The number of hydrogen-bond acceptors (Lipinski definition) is 3. The van der Waals surface area contributed by atoms with Crippen LogP contribution < -0.4 is 5.32 Å². The van der Waals surface area contributed by atoms with Crippen molar-refractivity contribution in [3.05, 3.63) is 52.5 Å². The third-order valence-electron chi connectivity index (χ3n) is 4.14. The Bertz CT molecular complexity index is 924. The van der Waals surface area contributed by atoms with Gasteiger partial charge in [-0.15, -0.1) is 0 Å². The van der Waals surface area contributed by atoms with Gasteiger partial charge in [-0.2, -0.15) is 5.10 Å². The Morgan fingerprint density at radius 2 is 1.91 bits per heavy atom. The maximum Gasteiger partial charge on any atom is 0.256 e. The summed E-state index contributed by atoms with van der Waals surface area (Å²) < 4.78 is 1.69. The zero-order valence-corrected chi connectivity index (χ0v) is 14.1. The van der Waals surface area contributed by atoms with Gasteiger partial charge in [0.2, 0.25) is 0 Å². The monoisotopic (exact) mass is 308 g/mol. The smallest absolute Gasteiger partial charge is 0.256 e. The Kier molecular flexibility index (Phi) is 3.64. The van der Waals surface area contributed by atoms with Gasteiger partial charge in [-0.3, -0.25) is 14.5 Å². The van der Waals surface area contributed by atoms with Crippen LogP contribution in [0.15, 0.2) is 24.4 Å². The van der Waals surface area contributed by atoms with Gasteiger partial charge in [-0.05, 0) is 44.9 Å². The lowest BCUT2D eigenvalue weighted by Gasteiger charge is -2.11. The number of anilines is 1. The Morgan fingerprint density at radius 3 is 2.57 bits per heavy atom. The zero-order valence-electron chi connectivity index (χ0n) is 14.1. The molecule has 0 fully saturated rings. The highest BCUT2D eigenvalue weighted by molar-refractivity contribution is 6.13. The summed E-state index contributed by atoms with van der Waals surface area (Å²) in [4.78, 5) is 17.4. The molecule has 0 aliphatic rings. The molecule has 0 aliphatic carbocycles. The number of carbonyl (C=O) groups excluding carboxylic acids is 1. The van der Waals surface area contributed by atoms with Gasteiger partial charge in [0.15, 0.2) is 0 Å². The second-order valence-electron chi connectivity index (χ2n) is 5.97. The molecule has 118 valence electrons. The van der Waals surface area contributed by atoms with E-state index >= 15 is 0 Å². The lowest BCUT2D eigenvalue weighted by atomic mass is 10.0. The third kappa shape index (κ3) is 2.70. The quantitative estimate of drug-likeness (QED) is 0.788. The number of hydrogen-bond donors (Lipinski definition) is 1. The Labute approximate surface area is 135 Å². The van der Waals surface area contributed by atoms with Crippen LogP contribution in [0.3, 0.4) is 0 Å². The van der Waals surface area contributed by atoms with Crippen molar-refractivity contribution in [1.82, 2.24) is 14.8 Å². The maximum atomic E-state index is 12.8. The first kappa shape index (κ1) is 15.2. The fourth-order valence-electron chi connectivity index (χ4n) is 2.76. The SMILES string of the molecule is Cc1cc(C(=O)Nc2cn(C)nc2C)c2ccc(C)c(C)c2n1. The summed E-state index contributed by atoms with van der Waals surface area (Å²) in [6.07, 6.45) is 1.80. The number of aryl methyl sites for hydroxylation is 5. The first-order valence-electron chi connectivity index (χ1n) is 7.56. The molecule has 5 nitrogen and oxygen atoms in total. The van der Waals surface area contributed by atoms with Crippen molar-refractivity contribution in [1.29, 1.82) is 0 Å². The molecule has 5 heteroatoms. The second kappa shape index (κ2) is 5.50. The average Bonchev–Trinajstić information content (AvgIpc) is 2.80. The highest BCUT2D eigenvalue weighted by Crippen LogP contribution is 2.25. The van der Waals surface area contributed by atoms with E-state index in [0.29, 0.717) is 5.56 Å². The number of fused-ring (bicyclic) bond motifs is 1. The third-order valence-corrected chi connectivity index (χ3v) is 4.14. The van der Waals surface area contributed by atoms with Gasteiger partial charge in [0.05, 0.1) is 22.5 Å². The first-order chi connectivity index (χ1) is 10.9. The van der Waals surface area contributed by atoms with Crippen LogP contribution in [-0.2, 0) is 7.05 Å². The topological polar surface area (TPSA) is 59.8 Å². The van der Waals surface area contributed by atoms with E-state index in [-0.39, 0.29) is 5.91 Å². The lowest BCUT2D eigenvalue weighted by molar-refractivity contribution is 0.102. The normalized spacial score (nSPS) is 11.0. The summed E-state index contributed by atoms with van der Waals surface area (Å²) in [6.45, 7) is 7.88. The highest BCUT2D eigenvalue weighted by atomic mass is 16.1. The summed E-state index contributed by atoms with van der Waals surface area (Å²) in [7, 11) is 1.83. The largest absolute Gasteiger partial charge is 0.319 e. The van der Waals surface area contributed by atoms with E-state index in [2.05, 4.69) is 22.3 Å². The van der Waals surface area contributed by atoms with Crippen molar-refractivity contribution in [2.24, 2.45) is 7.05 Å². The number of nitrogens with one attached hydrogen (secondary N) is 1. The molecule has 0 saturated carbocycles. The van der Waals surface area contributed by atoms with Gasteiger partial charge in [-0.25, -0.2) is 0 Å². The molecule has 3 rings (SSSR count). The minimum atomic E-state index is -0.139. The van der Waals surface area contributed by atoms with Crippen LogP contribution in [0.2, 0.25) is 0 Å². The summed E-state index contributed by atoms with van der Waals surface area (Å²) in [5, 5.41) is 8.08. The minimum absolute atomic E-state index is 0.139. The van der Waals surface area contributed by atoms with Gasteiger partial charge in [0.25, 0.3) is 5.91 Å². The number of benzene rings is 1. The molecular formula is C18H20N4O. The van der Waals surface area contributed by atoms with Crippen LogP contribution in [0.25, 0.3) is 10.9 Å². The van der Waals surface area contributed by atoms with Gasteiger partial charge in [0.1, 0.15) is 0 Å². The summed E-state index contributed by atoms with van der Waals surface area (Å²) in [6, 6.07) is 5.83. The Hall–Kier alpha value is -2.69. The van der Waals surface area contributed by atoms with Crippen molar-refractivity contribution in [3.63, 3.8) is 0 Å². The summed E-state index contributed by atoms with van der Waals surface area (Å²) in [5.74, 6) is -0.139. The van der Waals surface area contributed by atoms with Gasteiger partial charge in [0, 0.05) is 24.3 Å². The van der Waals surface area contributed by atoms with Crippen LogP contribution in [0.4, 0.5) is 5.69 Å². The van der Waals surface area contributed by atoms with Gasteiger partial charge in [-0.1, -0.05) is 12.1 Å². The number of pyridine rings is 1. The van der Waals surface area contributed by atoms with Gasteiger partial charge >= 0.3 is 0 Å². The van der Waals surface area contributed by atoms with E-state index in [4.69, 9.17) is 0 Å². The molecule has 1 amide bonds. The average molecular weight is 308 g/mol. The summed E-state index contributed by atoms with van der Waals surface area (Å²) >= 11 is 0. The Balaban J connectivity index is 2.10. The molecule has 3 aromatic rings. The number of nitrogens with zero attached hydrogens (tertiary/aromatic N) is 3. The van der Waals surface area contributed by atoms with Crippen LogP contribution in [-0.4, -0.2) is 20.7 Å². The minimum Gasteiger partial charge on any atom is -0.319 e. The van der Waals surface area contributed by atoms with Crippen molar-refractivity contribution >= 4 is 22.5 Å². The van der Waals surface area contributed by atoms with E-state index in [1.807, 2.05) is 46.0 Å². The fourth-order valence-corrected chi connectivity index (χ4v) is 2.76. The molecule has 0 atom stereocenters. The van der Waals surface area contributed by atoms with Crippen molar-refractivity contribution in [3.8, 4) is 0 Å². The molecular weight excluding hydrogens is 288 g/mol. The van der Waals surface area contributed by atoms with Crippen molar-refractivity contribution < 1.29 is 4.79 Å². The van der Waals surface area contributed by atoms with E-state index in [1.54, 1.807) is 10.9 Å². The van der Waals surface area contributed by atoms with Crippen molar-refractivity contribution in [2.75, 3.05) is 5.32 Å². The number of rotatable bonds is 2. The molecule has 0 unspecified atom stereocenters. The van der Waals surface area contributed by atoms with E-state index in [0.717, 1.165) is 33.5 Å². The van der Waals surface area contributed by atoms with Gasteiger partial charge < -0.3 is 5.32 Å². The zero-order chi connectivity index (χ0) is 16.7. The second-order valence-corrected chi connectivity index (χ2v) is 5.97. The molecule has 0 radical (unpaired) electrons. The molecule has 1 N–H and O–H groups in total. The number of carbonyl (C=O) groups is 1. The molecule has 23 heavy (non-hydrogen) atoms. The number of aromatic nitrogens is 3. The molecule has 2 aromatic heterocycles. The molecule has 0 saturated heterocycles. The molecule has 0 aliphatic heterocycles. The van der Waals surface area contributed by atoms with E-state index in [1.165, 1.54) is 5.56 Å². The number of amides is 1. The molecule has 0 bridgehead atoms. The van der Waals surface area contributed by atoms with Crippen LogP contribution in [0, 0.1) is 27.7 Å². The maximum absolute atomic E-state index is 12.8. The van der Waals surface area contributed by atoms with E-state index < -0.39 is 0 Å². The van der Waals surface area contributed by atoms with Crippen LogP contribution in [0.1, 0.15) is 32.9 Å². The standard InChI is InChI=1S/C18H20N4O/c1-10-6-7-14-15(8-11(2)19-17(14)12(10)3)18(23)20-16-9-22(5)21-13(16)4/h6-9H,1-5H3,(H,20,23). The molecule has 1 aromatic carbocycles. The van der Waals surface area contributed by atoms with Crippen LogP contribution >= 0.6 is 0 Å². The predicted octanol–water partition coefficient (Wildman–Crippen LogP) is 3.45. The predicted molar refractivity (Wildman–Crippen MR) is 91.9 cm³/mol. The lowest BCUT2D eigenvalue weighted by Crippen LogP contribution is -2.13. The van der Waals surface area contributed by atoms with E-state index in [9.17, 15) is 4.79 Å². The first-order valence-corrected chi connectivity index (χ1v) is 7.56. The fraction of sp³-hybridized carbons (Fsp3) is 0.278. The van der Waals surface area contributed by atoms with Crippen molar-refractivity contribution in [2.45, 2.75) is 27.7 Å². The molecule has 2 heterocycles. The summed E-state index contributed by atoms with van der Waals surface area (Å²) in [5.41, 5.74) is 6.16. The van der Waals surface area contributed by atoms with Crippen LogP contribution in [0.5, 0.6) is 0 Å². The highest BCUT2D eigenvalue weighted by Gasteiger charge is 2.15.